The van der Waals surface area contributed by atoms with E-state index in [4.69, 9.17) is 27.9 Å². The molecule has 1 atom stereocenters. The van der Waals surface area contributed by atoms with Crippen molar-refractivity contribution in [2.45, 2.75) is 13.0 Å². The summed E-state index contributed by atoms with van der Waals surface area (Å²) in [4.78, 5) is 12.3. The van der Waals surface area contributed by atoms with Gasteiger partial charge in [0, 0.05) is 28.5 Å². The number of benzene rings is 1. The van der Waals surface area contributed by atoms with E-state index in [1.807, 2.05) is 0 Å². The van der Waals surface area contributed by atoms with Crippen molar-refractivity contribution in [3.63, 3.8) is 0 Å². The standard InChI is InChI=1S/C17H11Cl2FN3O/c1-10(16-12(18)2-3-13(20)17(16)19)24-15-9-22-8-14(23-15)11-4-6-21-7-5-11/h2-8,10H,1H3. The van der Waals surface area contributed by atoms with Crippen molar-refractivity contribution in [2.75, 3.05) is 0 Å². The highest BCUT2D eigenvalue weighted by Crippen LogP contribution is 2.34. The van der Waals surface area contributed by atoms with Gasteiger partial charge in [-0.25, -0.2) is 14.4 Å². The molecule has 1 radical (unpaired) electrons. The largest absolute Gasteiger partial charge is 0.468 e. The van der Waals surface area contributed by atoms with Crippen LogP contribution in [0, 0.1) is 12.0 Å². The molecule has 1 aromatic carbocycles. The van der Waals surface area contributed by atoms with Gasteiger partial charge in [0.05, 0.1) is 16.9 Å². The Kier molecular flexibility index (Phi) is 4.92. The molecule has 0 fully saturated rings. The van der Waals surface area contributed by atoms with Crippen LogP contribution in [0.5, 0.6) is 5.88 Å². The van der Waals surface area contributed by atoms with Crippen LogP contribution >= 0.6 is 23.2 Å². The number of pyridine rings is 1. The van der Waals surface area contributed by atoms with Gasteiger partial charge in [-0.05, 0) is 31.2 Å². The van der Waals surface area contributed by atoms with Gasteiger partial charge < -0.3 is 4.74 Å². The van der Waals surface area contributed by atoms with Crippen molar-refractivity contribution in [3.8, 4) is 17.1 Å². The average Bonchev–Trinajstić information content (AvgIpc) is 2.59. The number of aromatic nitrogens is 3. The van der Waals surface area contributed by atoms with E-state index in [2.05, 4.69) is 21.1 Å². The van der Waals surface area contributed by atoms with E-state index in [1.165, 1.54) is 12.1 Å². The van der Waals surface area contributed by atoms with Gasteiger partial charge in [-0.3, -0.25) is 4.98 Å². The first-order chi connectivity index (χ1) is 11.6. The van der Waals surface area contributed by atoms with Crippen LogP contribution in [0.2, 0.25) is 10.0 Å². The molecule has 0 bridgehead atoms. The van der Waals surface area contributed by atoms with Gasteiger partial charge in [-0.2, -0.15) is 0 Å². The fraction of sp³-hybridized carbons (Fsp3) is 0.118. The van der Waals surface area contributed by atoms with Gasteiger partial charge in [0.15, 0.2) is 6.20 Å². The lowest BCUT2D eigenvalue weighted by molar-refractivity contribution is 0.216. The number of halogens is 3. The van der Waals surface area contributed by atoms with Crippen molar-refractivity contribution >= 4 is 23.2 Å². The molecule has 24 heavy (non-hydrogen) atoms. The van der Waals surface area contributed by atoms with E-state index >= 15 is 0 Å². The van der Waals surface area contributed by atoms with Crippen LogP contribution < -0.4 is 4.74 Å². The first-order valence-corrected chi connectivity index (χ1v) is 7.77. The van der Waals surface area contributed by atoms with Crippen LogP contribution in [-0.2, 0) is 0 Å². The van der Waals surface area contributed by atoms with Crippen LogP contribution in [0.4, 0.5) is 4.39 Å². The fourth-order valence-electron chi connectivity index (χ4n) is 2.17. The summed E-state index contributed by atoms with van der Waals surface area (Å²) in [5.41, 5.74) is 1.79. The molecule has 4 nitrogen and oxygen atoms in total. The summed E-state index contributed by atoms with van der Waals surface area (Å²) >= 11 is 12.1. The van der Waals surface area contributed by atoms with Crippen molar-refractivity contribution in [1.82, 2.24) is 15.0 Å². The van der Waals surface area contributed by atoms with Crippen LogP contribution in [0.25, 0.3) is 11.3 Å². The van der Waals surface area contributed by atoms with E-state index in [9.17, 15) is 4.39 Å². The molecule has 0 saturated heterocycles. The second-order valence-corrected chi connectivity index (χ2v) is 5.71. The first-order valence-electron chi connectivity index (χ1n) is 7.01. The molecule has 0 aliphatic carbocycles. The van der Waals surface area contributed by atoms with Gasteiger partial charge in [0.25, 0.3) is 0 Å². The minimum atomic E-state index is -0.626. The molecule has 3 aromatic rings. The highest BCUT2D eigenvalue weighted by molar-refractivity contribution is 6.36. The van der Waals surface area contributed by atoms with Crippen molar-refractivity contribution in [2.24, 2.45) is 0 Å². The zero-order valence-electron chi connectivity index (χ0n) is 12.5. The van der Waals surface area contributed by atoms with Crippen molar-refractivity contribution in [3.05, 3.63) is 70.5 Å². The Labute approximate surface area is 148 Å². The first kappa shape index (κ1) is 16.6. The van der Waals surface area contributed by atoms with Crippen molar-refractivity contribution in [1.29, 1.82) is 0 Å². The number of ether oxygens (including phenoxy) is 1. The highest BCUT2D eigenvalue weighted by atomic mass is 35.5. The highest BCUT2D eigenvalue weighted by Gasteiger charge is 2.19. The Morgan fingerprint density at radius 1 is 1.17 bits per heavy atom. The maximum Gasteiger partial charge on any atom is 0.243 e. The predicted octanol–water partition coefficient (Wildman–Crippen LogP) is 4.92. The van der Waals surface area contributed by atoms with Gasteiger partial charge >= 0.3 is 0 Å². The second kappa shape index (κ2) is 7.11. The van der Waals surface area contributed by atoms with Gasteiger partial charge in [-0.15, -0.1) is 0 Å². The van der Waals surface area contributed by atoms with E-state index in [0.717, 1.165) is 5.56 Å². The third-order valence-electron chi connectivity index (χ3n) is 3.32. The van der Waals surface area contributed by atoms with E-state index in [1.54, 1.807) is 37.6 Å². The lowest BCUT2D eigenvalue weighted by atomic mass is 10.1. The van der Waals surface area contributed by atoms with Gasteiger partial charge in [-0.1, -0.05) is 23.2 Å². The minimum absolute atomic E-state index is 0.0757. The number of hydrogen-bond donors (Lipinski definition) is 0. The van der Waals surface area contributed by atoms with Crippen LogP contribution in [0.3, 0.4) is 0 Å². The summed E-state index contributed by atoms with van der Waals surface area (Å²) < 4.78 is 19.4. The molecule has 0 aliphatic rings. The summed E-state index contributed by atoms with van der Waals surface area (Å²) in [7, 11) is 0. The molecule has 1 unspecified atom stereocenters. The summed E-state index contributed by atoms with van der Waals surface area (Å²) in [5, 5.41) is 0.236. The summed E-state index contributed by atoms with van der Waals surface area (Å²) in [5.74, 6) is -0.402. The molecule has 0 aliphatic heterocycles. The molecular weight excluding hydrogens is 352 g/mol. The molecule has 121 valence electrons. The summed E-state index contributed by atoms with van der Waals surface area (Å²) in [6, 6.07) is 6.24. The molecule has 7 heteroatoms. The van der Waals surface area contributed by atoms with Gasteiger partial charge in [0.1, 0.15) is 11.9 Å². The summed E-state index contributed by atoms with van der Waals surface area (Å²) in [6.07, 6.45) is 6.90. The Hall–Kier alpha value is -2.24. The van der Waals surface area contributed by atoms with Gasteiger partial charge in [0.2, 0.25) is 5.88 Å². The zero-order valence-corrected chi connectivity index (χ0v) is 14.0. The predicted molar refractivity (Wildman–Crippen MR) is 89.6 cm³/mol. The monoisotopic (exact) mass is 362 g/mol. The average molecular weight is 363 g/mol. The quantitative estimate of drug-likeness (QED) is 0.617. The van der Waals surface area contributed by atoms with Crippen LogP contribution in [0.1, 0.15) is 18.6 Å². The third-order valence-corrected chi connectivity index (χ3v) is 4.03. The molecule has 0 saturated carbocycles. The number of hydrogen-bond acceptors (Lipinski definition) is 4. The van der Waals surface area contributed by atoms with Crippen LogP contribution in [-0.4, -0.2) is 15.0 Å². The second-order valence-electron chi connectivity index (χ2n) is 4.93. The zero-order chi connectivity index (χ0) is 17.1. The molecule has 0 amide bonds. The normalized spacial score (nSPS) is 12.0. The van der Waals surface area contributed by atoms with E-state index in [0.29, 0.717) is 16.3 Å². The molecule has 3 rings (SSSR count). The molecule has 0 N–H and O–H groups in total. The van der Waals surface area contributed by atoms with Crippen LogP contribution in [0.15, 0.2) is 42.9 Å². The number of nitrogens with zero attached hydrogens (tertiary/aromatic N) is 3. The molecule has 0 spiro atoms. The Morgan fingerprint density at radius 3 is 2.67 bits per heavy atom. The number of rotatable bonds is 4. The SMILES string of the molecule is CC(Oc1[c]ncc(-c2ccncc2)n1)c1c(Cl)ccc(F)c1Cl. The Morgan fingerprint density at radius 2 is 1.92 bits per heavy atom. The summed E-state index contributed by atoms with van der Waals surface area (Å²) in [6.45, 7) is 1.70. The molecular formula is C17H11Cl2FN3O. The minimum Gasteiger partial charge on any atom is -0.468 e. The fourth-order valence-corrected chi connectivity index (χ4v) is 2.85. The molecule has 2 aromatic heterocycles. The third kappa shape index (κ3) is 3.47. The lowest BCUT2D eigenvalue weighted by Gasteiger charge is -2.17. The maximum absolute atomic E-state index is 13.7. The Balaban J connectivity index is 1.88. The van der Waals surface area contributed by atoms with E-state index < -0.39 is 11.9 Å². The maximum atomic E-state index is 13.7. The lowest BCUT2D eigenvalue weighted by Crippen LogP contribution is -2.07. The smallest absolute Gasteiger partial charge is 0.243 e. The Bertz CT molecular complexity index is 862. The van der Waals surface area contributed by atoms with Crippen molar-refractivity contribution < 1.29 is 9.13 Å². The molecule has 2 heterocycles. The van der Waals surface area contributed by atoms with E-state index in [-0.39, 0.29) is 10.9 Å². The topological polar surface area (TPSA) is 47.9 Å².